The first-order valence-electron chi connectivity index (χ1n) is 25.4. The van der Waals surface area contributed by atoms with E-state index in [9.17, 15) is 33.9 Å². The molecule has 1 spiro atoms. The summed E-state index contributed by atoms with van der Waals surface area (Å²) in [6, 6.07) is 31.1. The van der Waals surface area contributed by atoms with E-state index < -0.39 is 58.5 Å². The van der Waals surface area contributed by atoms with Gasteiger partial charge in [0.1, 0.15) is 40.4 Å². The molecule has 15 nitrogen and oxygen atoms in total. The molecule has 3 fully saturated rings. The number of fused-ring (bicyclic) bond motifs is 3. The van der Waals surface area contributed by atoms with Gasteiger partial charge in [-0.3, -0.25) is 4.79 Å². The van der Waals surface area contributed by atoms with Gasteiger partial charge >= 0.3 is 30.3 Å². The number of nitrogens with zero attached hydrogens (tertiary/aromatic N) is 2. The maximum absolute atomic E-state index is 13.6. The van der Waals surface area contributed by atoms with E-state index >= 15 is 0 Å². The number of imide groups is 4. The number of rotatable bonds is 10. The van der Waals surface area contributed by atoms with E-state index in [0.717, 1.165) is 49.8 Å². The molecule has 4 aromatic rings. The van der Waals surface area contributed by atoms with Crippen LogP contribution in [0.25, 0.3) is 11.1 Å². The Kier molecular flexibility index (Phi) is 16.0. The van der Waals surface area contributed by atoms with Crippen LogP contribution in [0.1, 0.15) is 162 Å². The molecule has 4 aromatic carbocycles. The molecule has 2 saturated carbocycles. The number of aliphatic carboxylic acids is 1. The Hall–Kier alpha value is -6.90. The average molecular weight is 1000 g/mol. The first kappa shape index (κ1) is 53.9. The molecule has 1 heterocycles. The number of benzene rings is 4. The summed E-state index contributed by atoms with van der Waals surface area (Å²) in [6.45, 7) is 18.0. The van der Waals surface area contributed by atoms with Gasteiger partial charge in [0.2, 0.25) is 0 Å². The summed E-state index contributed by atoms with van der Waals surface area (Å²) < 4.78 is 27.9. The van der Waals surface area contributed by atoms with Crippen molar-refractivity contribution < 1.29 is 59.0 Å². The van der Waals surface area contributed by atoms with Gasteiger partial charge in [0, 0.05) is 7.34 Å². The van der Waals surface area contributed by atoms with Gasteiger partial charge in [0.05, 0.1) is 12.2 Å². The summed E-state index contributed by atoms with van der Waals surface area (Å²) >= 11 is 0. The Balaban J connectivity index is 0.000000238. The Labute approximate surface area is 430 Å². The number of nitrogens with one attached hydrogen (secondary N) is 1. The number of ether oxygens (including phenoxy) is 5. The number of alkyl carbamates (subject to hydrolysis) is 1. The fraction of sp³-hybridized carbons (Fsp3) is 0.483. The summed E-state index contributed by atoms with van der Waals surface area (Å²) in [5.41, 5.74) is 2.16. The molecule has 392 valence electrons. The van der Waals surface area contributed by atoms with Crippen molar-refractivity contribution in [1.82, 2.24) is 15.1 Å². The summed E-state index contributed by atoms with van der Waals surface area (Å²) in [5, 5.41) is 12.8. The van der Waals surface area contributed by atoms with Crippen LogP contribution in [0.15, 0.2) is 97.1 Å². The lowest BCUT2D eigenvalue weighted by Crippen LogP contribution is -2.56. The lowest BCUT2D eigenvalue weighted by molar-refractivity contribution is -0.146. The molecular formula is C58H73N3O12. The van der Waals surface area contributed by atoms with Crippen molar-refractivity contribution in [3.63, 3.8) is 0 Å². The molecule has 15 heteroatoms. The van der Waals surface area contributed by atoms with Crippen molar-refractivity contribution in [1.29, 1.82) is 0 Å². The number of carboxylic acids is 1. The van der Waals surface area contributed by atoms with Crippen molar-refractivity contribution in [3.05, 3.63) is 119 Å². The molecule has 2 N–H and O–H groups in total. The number of amides is 6. The van der Waals surface area contributed by atoms with E-state index in [1.807, 2.05) is 88.4 Å². The molecule has 4 aliphatic rings. The maximum Gasteiger partial charge on any atom is 0.425 e. The Bertz CT molecular complexity index is 2610. The smallest absolute Gasteiger partial charge is 0.425 e. The third kappa shape index (κ3) is 12.3. The monoisotopic (exact) mass is 1000 g/mol. The highest BCUT2D eigenvalue weighted by atomic mass is 16.6. The van der Waals surface area contributed by atoms with Crippen molar-refractivity contribution >= 4 is 36.2 Å². The van der Waals surface area contributed by atoms with Gasteiger partial charge in [-0.2, -0.15) is 4.90 Å². The van der Waals surface area contributed by atoms with E-state index in [1.54, 1.807) is 41.5 Å². The lowest BCUT2D eigenvalue weighted by atomic mass is 9.73. The first-order chi connectivity index (χ1) is 34.4. The van der Waals surface area contributed by atoms with E-state index in [1.165, 1.54) is 0 Å². The molecule has 0 aromatic heterocycles. The molecule has 8 rings (SSSR count). The zero-order valence-electron chi connectivity index (χ0n) is 43.8. The van der Waals surface area contributed by atoms with Crippen molar-refractivity contribution in [2.45, 2.75) is 173 Å². The lowest BCUT2D eigenvalue weighted by Gasteiger charge is -2.40. The summed E-state index contributed by atoms with van der Waals surface area (Å²) in [4.78, 5) is 79.4. The minimum atomic E-state index is -1.49. The number of carbonyl (C=O) groups excluding carboxylic acids is 5. The second-order valence-electron chi connectivity index (χ2n) is 22.1. The van der Waals surface area contributed by atoms with Crippen LogP contribution in [0, 0.1) is 0 Å². The molecule has 0 unspecified atom stereocenters. The second kappa shape index (κ2) is 21.7. The van der Waals surface area contributed by atoms with E-state index in [0.29, 0.717) is 43.4 Å². The van der Waals surface area contributed by atoms with Gasteiger partial charge in [-0.1, -0.05) is 72.8 Å². The zero-order chi connectivity index (χ0) is 53.0. The third-order valence-corrected chi connectivity index (χ3v) is 13.8. The number of carbonyl (C=O) groups is 6. The minimum absolute atomic E-state index is 0. The summed E-state index contributed by atoms with van der Waals surface area (Å²) in [5.74, 6) is 0.143. The van der Waals surface area contributed by atoms with Gasteiger partial charge in [0.25, 0.3) is 5.91 Å². The molecule has 1 aliphatic heterocycles. The summed E-state index contributed by atoms with van der Waals surface area (Å²) in [7, 11) is 0. The van der Waals surface area contributed by atoms with Crippen LogP contribution in [0.4, 0.5) is 19.2 Å². The molecule has 73 heavy (non-hydrogen) atoms. The van der Waals surface area contributed by atoms with Gasteiger partial charge in [-0.15, -0.1) is 0 Å². The van der Waals surface area contributed by atoms with Crippen LogP contribution in [-0.2, 0) is 23.8 Å². The molecule has 0 radical (unpaired) electrons. The van der Waals surface area contributed by atoms with Crippen molar-refractivity contribution in [3.8, 4) is 22.6 Å². The molecule has 6 amide bonds. The van der Waals surface area contributed by atoms with Crippen LogP contribution in [-0.4, -0.2) is 92.2 Å². The molecule has 0 atom stereocenters. The SMILES string of the molecule is CC(C)Oc1ccc(C2CCC(NC(=O)OCC3c4ccccc4-c4ccccc43)(C(=O)O)CC2)cc1.CC(C)Oc1ccc(C2CCC3(CC2)C(=O)N(C(=O)OC(C)(C)C)C(=O)N3C(=O)OC(C)(C)C)cc1.[HH]. The second-order valence-corrected chi connectivity index (χ2v) is 22.1. The summed E-state index contributed by atoms with van der Waals surface area (Å²) in [6.07, 6.45) is 1.02. The standard InChI is InChI=1S/C31H33NO5.C27H38N2O7.H2/c1-20(2)37-23-13-11-21(12-14-23)22-15-17-31(18-16-22,29(33)34)32-30(35)36-19-28-26-9-5-3-7-24(26)25-8-4-6-10-27(25)28;1-17(2)34-20-11-9-18(10-12-20)19-13-15-27(16-14-19)21(30)28(23(32)35-25(3,4)5)22(31)29(27)24(33)36-26(6,7)8;/h3-14,20,22,28H,15-19H2,1-2H3,(H,32,35)(H,33,34);9-12,17,19H,13-16H2,1-8H3;1H. The fourth-order valence-electron chi connectivity index (χ4n) is 10.4. The number of carboxylic acid groups (broad SMARTS) is 1. The maximum atomic E-state index is 13.6. The minimum Gasteiger partial charge on any atom is -0.491 e. The van der Waals surface area contributed by atoms with Gasteiger partial charge in [0.15, 0.2) is 0 Å². The molecule has 0 bridgehead atoms. The van der Waals surface area contributed by atoms with Crippen molar-refractivity contribution in [2.24, 2.45) is 0 Å². The van der Waals surface area contributed by atoms with Gasteiger partial charge < -0.3 is 34.1 Å². The number of hydrogen-bond donors (Lipinski definition) is 2. The average Bonchev–Trinajstić information content (AvgIpc) is 3.74. The molecular weight excluding hydrogens is 931 g/mol. The highest BCUT2D eigenvalue weighted by Crippen LogP contribution is 2.48. The predicted molar refractivity (Wildman–Crippen MR) is 277 cm³/mol. The molecule has 1 saturated heterocycles. The van der Waals surface area contributed by atoms with E-state index in [4.69, 9.17) is 23.7 Å². The van der Waals surface area contributed by atoms with Crippen LogP contribution in [0.3, 0.4) is 0 Å². The topological polar surface area (TPSA) is 187 Å². The first-order valence-corrected chi connectivity index (χ1v) is 25.4. The Morgan fingerprint density at radius 3 is 1.49 bits per heavy atom. The molecule has 3 aliphatic carbocycles. The Morgan fingerprint density at radius 2 is 1.07 bits per heavy atom. The van der Waals surface area contributed by atoms with Crippen molar-refractivity contribution in [2.75, 3.05) is 6.61 Å². The highest BCUT2D eigenvalue weighted by molar-refractivity contribution is 6.20. The van der Waals surface area contributed by atoms with Gasteiger partial charge in [-0.05, 0) is 190 Å². The van der Waals surface area contributed by atoms with E-state index in [-0.39, 0.29) is 50.8 Å². The van der Waals surface area contributed by atoms with Crippen LogP contribution in [0.2, 0.25) is 0 Å². The number of hydrogen-bond acceptors (Lipinski definition) is 11. The normalized spacial score (nSPS) is 21.8. The number of urea groups is 1. The van der Waals surface area contributed by atoms with Crippen LogP contribution in [0.5, 0.6) is 11.5 Å². The highest BCUT2D eigenvalue weighted by Gasteiger charge is 2.64. The van der Waals surface area contributed by atoms with Crippen LogP contribution < -0.4 is 14.8 Å². The van der Waals surface area contributed by atoms with E-state index in [2.05, 4.69) is 41.7 Å². The largest absolute Gasteiger partial charge is 0.491 e. The zero-order valence-corrected chi connectivity index (χ0v) is 43.8. The predicted octanol–water partition coefficient (Wildman–Crippen LogP) is 12.7. The van der Waals surface area contributed by atoms with Crippen LogP contribution >= 0.6 is 0 Å². The Morgan fingerprint density at radius 1 is 0.644 bits per heavy atom. The quantitative estimate of drug-likeness (QED) is 0.113. The van der Waals surface area contributed by atoms with Gasteiger partial charge in [-0.25, -0.2) is 28.9 Å². The fourth-order valence-corrected chi connectivity index (χ4v) is 10.4. The third-order valence-electron chi connectivity index (χ3n) is 13.8.